The van der Waals surface area contributed by atoms with Crippen molar-refractivity contribution in [1.29, 1.82) is 0 Å². The van der Waals surface area contributed by atoms with E-state index >= 15 is 0 Å². The molecule has 4 rings (SSSR count). The molecule has 2 heterocycles. The average molecular weight is 407 g/mol. The quantitative estimate of drug-likeness (QED) is 0.629. The van der Waals surface area contributed by atoms with Gasteiger partial charge in [0, 0.05) is 18.8 Å². The summed E-state index contributed by atoms with van der Waals surface area (Å²) in [5.41, 5.74) is 3.49. The van der Waals surface area contributed by atoms with Crippen LogP contribution in [0.15, 0.2) is 65.7 Å². The van der Waals surface area contributed by atoms with Gasteiger partial charge in [0.25, 0.3) is 0 Å². The van der Waals surface area contributed by atoms with Crippen LogP contribution in [0.3, 0.4) is 0 Å². The molecule has 7 heteroatoms. The molecule has 0 unspecified atom stereocenters. The minimum absolute atomic E-state index is 0.0846. The number of carbonyl (C=O) groups excluding carboxylic acids is 1. The van der Waals surface area contributed by atoms with E-state index in [0.29, 0.717) is 0 Å². The Kier molecular flexibility index (Phi) is 5.95. The molecule has 1 N–H and O–H groups in total. The number of aromatic nitrogens is 2. The maximum atomic E-state index is 12.2. The second kappa shape index (κ2) is 8.96. The molecule has 2 aromatic carbocycles. The molecule has 0 fully saturated rings. The number of nitrogens with one attached hydrogen (secondary N) is 1. The molecule has 1 aliphatic rings. The van der Waals surface area contributed by atoms with Crippen LogP contribution in [0.1, 0.15) is 11.1 Å². The molecule has 29 heavy (non-hydrogen) atoms. The lowest BCUT2D eigenvalue weighted by atomic mass is 10.00. The number of rotatable bonds is 6. The number of amides is 1. The highest BCUT2D eigenvalue weighted by atomic mass is 32.2. The number of benzene rings is 2. The first-order chi connectivity index (χ1) is 14.2. The maximum Gasteiger partial charge on any atom is 0.234 e. The van der Waals surface area contributed by atoms with Crippen molar-refractivity contribution in [2.45, 2.75) is 18.0 Å². The summed E-state index contributed by atoms with van der Waals surface area (Å²) in [6, 6.07) is 19.7. The van der Waals surface area contributed by atoms with Crippen molar-refractivity contribution >= 4 is 29.2 Å². The number of anilines is 2. The predicted octanol–water partition coefficient (Wildman–Crippen LogP) is 3.78. The Morgan fingerprint density at radius 3 is 2.59 bits per heavy atom. The Hall–Kier alpha value is -3.06. The summed E-state index contributed by atoms with van der Waals surface area (Å²) in [5.74, 6) is 1.81. The van der Waals surface area contributed by atoms with Gasteiger partial charge >= 0.3 is 0 Å². The molecule has 3 aromatic rings. The van der Waals surface area contributed by atoms with Crippen molar-refractivity contribution in [3.8, 4) is 5.75 Å². The summed E-state index contributed by atoms with van der Waals surface area (Å²) in [6.45, 7) is 1.78. The molecule has 0 radical (unpaired) electrons. The van der Waals surface area contributed by atoms with Gasteiger partial charge in [-0.15, -0.1) is 10.2 Å². The van der Waals surface area contributed by atoms with Crippen molar-refractivity contribution in [2.24, 2.45) is 0 Å². The summed E-state index contributed by atoms with van der Waals surface area (Å²) in [7, 11) is 1.61. The number of hydrogen-bond acceptors (Lipinski definition) is 6. The SMILES string of the molecule is COc1ccc(NC(=O)CSc2ccc(N3CCc4ccccc4C3)nn2)cc1. The van der Waals surface area contributed by atoms with E-state index in [1.807, 2.05) is 36.4 Å². The predicted molar refractivity (Wildman–Crippen MR) is 116 cm³/mol. The third-order valence-electron chi connectivity index (χ3n) is 4.81. The van der Waals surface area contributed by atoms with Gasteiger partial charge in [0.2, 0.25) is 5.91 Å². The highest BCUT2D eigenvalue weighted by Crippen LogP contribution is 2.24. The Balaban J connectivity index is 1.30. The standard InChI is InChI=1S/C22H22N4O2S/c1-28-19-8-6-18(7-9-19)23-21(27)15-29-22-11-10-20(24-25-22)26-13-12-16-4-2-3-5-17(16)14-26/h2-11H,12-15H2,1H3,(H,23,27). The maximum absolute atomic E-state index is 12.2. The number of fused-ring (bicyclic) bond motifs is 1. The third-order valence-corrected chi connectivity index (χ3v) is 5.73. The van der Waals surface area contributed by atoms with Gasteiger partial charge in [0.15, 0.2) is 5.82 Å². The van der Waals surface area contributed by atoms with Crippen LogP contribution < -0.4 is 15.0 Å². The van der Waals surface area contributed by atoms with Gasteiger partial charge in [0.1, 0.15) is 10.8 Å². The second-order valence-corrected chi connectivity index (χ2v) is 7.73. The van der Waals surface area contributed by atoms with Gasteiger partial charge in [-0.2, -0.15) is 0 Å². The van der Waals surface area contributed by atoms with Gasteiger partial charge in [-0.3, -0.25) is 4.79 Å². The fourth-order valence-electron chi connectivity index (χ4n) is 3.26. The van der Waals surface area contributed by atoms with Crippen LogP contribution in [0.2, 0.25) is 0 Å². The molecule has 148 valence electrons. The van der Waals surface area contributed by atoms with Crippen LogP contribution in [-0.4, -0.2) is 35.5 Å². The molecule has 0 saturated heterocycles. The number of thioether (sulfide) groups is 1. The van der Waals surface area contributed by atoms with E-state index in [9.17, 15) is 4.79 Å². The number of nitrogens with zero attached hydrogens (tertiary/aromatic N) is 3. The summed E-state index contributed by atoms with van der Waals surface area (Å²) >= 11 is 1.37. The summed E-state index contributed by atoms with van der Waals surface area (Å²) in [4.78, 5) is 14.4. The molecule has 0 saturated carbocycles. The van der Waals surface area contributed by atoms with Gasteiger partial charge in [0.05, 0.1) is 12.9 Å². The second-order valence-electron chi connectivity index (χ2n) is 6.74. The zero-order valence-electron chi connectivity index (χ0n) is 16.2. The molecule has 6 nitrogen and oxygen atoms in total. The topological polar surface area (TPSA) is 67.3 Å². The highest BCUT2D eigenvalue weighted by Gasteiger charge is 2.17. The fourth-order valence-corrected chi connectivity index (χ4v) is 3.87. The molecule has 0 bridgehead atoms. The minimum Gasteiger partial charge on any atom is -0.497 e. The van der Waals surface area contributed by atoms with E-state index in [2.05, 4.69) is 44.7 Å². The molecule has 0 aliphatic carbocycles. The van der Waals surface area contributed by atoms with Crippen LogP contribution in [0, 0.1) is 0 Å². The normalized spacial score (nSPS) is 12.9. The van der Waals surface area contributed by atoms with E-state index in [1.165, 1.54) is 22.9 Å². The number of hydrogen-bond donors (Lipinski definition) is 1. The summed E-state index contributed by atoms with van der Waals surface area (Å²) in [5, 5.41) is 12.2. The zero-order valence-corrected chi connectivity index (χ0v) is 17.0. The van der Waals surface area contributed by atoms with E-state index in [1.54, 1.807) is 7.11 Å². The number of ether oxygens (including phenoxy) is 1. The summed E-state index contributed by atoms with van der Waals surface area (Å²) in [6.07, 6.45) is 1.01. The minimum atomic E-state index is -0.0846. The number of carbonyl (C=O) groups is 1. The molecule has 1 aliphatic heterocycles. The Morgan fingerprint density at radius 1 is 1.07 bits per heavy atom. The van der Waals surface area contributed by atoms with Crippen molar-refractivity contribution in [2.75, 3.05) is 29.6 Å². The van der Waals surface area contributed by atoms with E-state index < -0.39 is 0 Å². The van der Waals surface area contributed by atoms with Crippen molar-refractivity contribution in [1.82, 2.24) is 10.2 Å². The van der Waals surface area contributed by atoms with Crippen LogP contribution in [0.4, 0.5) is 11.5 Å². The van der Waals surface area contributed by atoms with Crippen molar-refractivity contribution < 1.29 is 9.53 Å². The lowest BCUT2D eigenvalue weighted by Crippen LogP contribution is -2.31. The van der Waals surface area contributed by atoms with Gasteiger partial charge in [-0.25, -0.2) is 0 Å². The van der Waals surface area contributed by atoms with Crippen molar-refractivity contribution in [3.05, 3.63) is 71.8 Å². The smallest absolute Gasteiger partial charge is 0.234 e. The monoisotopic (exact) mass is 406 g/mol. The first kappa shape index (κ1) is 19.3. The molecule has 1 amide bonds. The first-order valence-corrected chi connectivity index (χ1v) is 10.4. The van der Waals surface area contributed by atoms with Gasteiger partial charge in [-0.1, -0.05) is 36.0 Å². The zero-order chi connectivity index (χ0) is 20.1. The average Bonchev–Trinajstić information content (AvgIpc) is 2.78. The molecule has 0 atom stereocenters. The van der Waals surface area contributed by atoms with E-state index in [0.717, 1.165) is 41.8 Å². The number of methoxy groups -OCH3 is 1. The Bertz CT molecular complexity index is 977. The molecule has 1 aromatic heterocycles. The highest BCUT2D eigenvalue weighted by molar-refractivity contribution is 7.99. The van der Waals surface area contributed by atoms with E-state index in [4.69, 9.17) is 4.74 Å². The van der Waals surface area contributed by atoms with Gasteiger partial charge < -0.3 is 15.0 Å². The molecule has 0 spiro atoms. The first-order valence-electron chi connectivity index (χ1n) is 9.43. The largest absolute Gasteiger partial charge is 0.497 e. The van der Waals surface area contributed by atoms with Crippen LogP contribution >= 0.6 is 11.8 Å². The Labute approximate surface area is 174 Å². The van der Waals surface area contributed by atoms with Crippen LogP contribution in [0.5, 0.6) is 5.75 Å². The van der Waals surface area contributed by atoms with Gasteiger partial charge in [-0.05, 0) is 53.9 Å². The summed E-state index contributed by atoms with van der Waals surface area (Å²) < 4.78 is 5.11. The Morgan fingerprint density at radius 2 is 1.86 bits per heavy atom. The lowest BCUT2D eigenvalue weighted by Gasteiger charge is -2.29. The molecular weight excluding hydrogens is 384 g/mol. The fraction of sp³-hybridized carbons (Fsp3) is 0.227. The van der Waals surface area contributed by atoms with Crippen LogP contribution in [0.25, 0.3) is 0 Å². The molecular formula is C22H22N4O2S. The van der Waals surface area contributed by atoms with Crippen molar-refractivity contribution in [3.63, 3.8) is 0 Å². The van der Waals surface area contributed by atoms with E-state index in [-0.39, 0.29) is 11.7 Å². The lowest BCUT2D eigenvalue weighted by molar-refractivity contribution is -0.113. The van der Waals surface area contributed by atoms with Crippen LogP contribution in [-0.2, 0) is 17.8 Å². The third kappa shape index (κ3) is 4.86.